The number of nitrogens with zero attached hydrogens (tertiary/aromatic N) is 2. The summed E-state index contributed by atoms with van der Waals surface area (Å²) in [4.78, 5) is 4.83. The molecule has 0 amide bonds. The van der Waals surface area contributed by atoms with Gasteiger partial charge in [0.05, 0.1) is 17.6 Å². The molecule has 1 aliphatic rings. The lowest BCUT2D eigenvalue weighted by Crippen LogP contribution is -2.47. The number of para-hydroxylation sites is 2. The highest BCUT2D eigenvalue weighted by atomic mass is 16.3. The van der Waals surface area contributed by atoms with E-state index in [-0.39, 0.29) is 12.1 Å². The smallest absolute Gasteiger partial charge is 0.111 e. The molecule has 0 radical (unpaired) electrons. The molecule has 0 atom stereocenters. The molecule has 1 saturated carbocycles. The van der Waals surface area contributed by atoms with Gasteiger partial charge in [-0.3, -0.25) is 0 Å². The van der Waals surface area contributed by atoms with Crippen LogP contribution in [0, 0.1) is 0 Å². The van der Waals surface area contributed by atoms with Crippen molar-refractivity contribution < 1.29 is 5.11 Å². The van der Waals surface area contributed by atoms with Crippen molar-refractivity contribution in [2.45, 2.75) is 50.6 Å². The zero-order valence-corrected chi connectivity index (χ0v) is 12.8. The number of fused-ring (bicyclic) bond motifs is 1. The zero-order chi connectivity index (χ0) is 14.7. The number of aliphatic hydroxyl groups is 1. The first-order valence-electron chi connectivity index (χ1n) is 8.02. The third-order valence-corrected chi connectivity index (χ3v) is 4.89. The van der Waals surface area contributed by atoms with Gasteiger partial charge in [0.1, 0.15) is 5.82 Å². The quantitative estimate of drug-likeness (QED) is 0.888. The van der Waals surface area contributed by atoms with Crippen LogP contribution < -0.4 is 5.32 Å². The van der Waals surface area contributed by atoms with Crippen LogP contribution in [0.2, 0.25) is 0 Å². The van der Waals surface area contributed by atoms with E-state index in [0.717, 1.165) is 23.3 Å². The van der Waals surface area contributed by atoms with Crippen molar-refractivity contribution in [2.75, 3.05) is 13.7 Å². The van der Waals surface area contributed by atoms with Crippen LogP contribution in [0.15, 0.2) is 24.3 Å². The van der Waals surface area contributed by atoms with E-state index in [4.69, 9.17) is 4.98 Å². The predicted molar refractivity (Wildman–Crippen MR) is 85.4 cm³/mol. The van der Waals surface area contributed by atoms with E-state index in [9.17, 15) is 5.11 Å². The fourth-order valence-corrected chi connectivity index (χ4v) is 3.66. The molecular formula is C17H25N3O. The van der Waals surface area contributed by atoms with Crippen LogP contribution in [-0.4, -0.2) is 33.9 Å². The van der Waals surface area contributed by atoms with Gasteiger partial charge in [0.25, 0.3) is 0 Å². The molecule has 4 nitrogen and oxygen atoms in total. The Kier molecular flexibility index (Phi) is 4.27. The van der Waals surface area contributed by atoms with E-state index >= 15 is 0 Å². The first-order valence-corrected chi connectivity index (χ1v) is 8.02. The molecule has 4 heteroatoms. The normalized spacial score (nSPS) is 18.2. The predicted octanol–water partition coefficient (Wildman–Crippen LogP) is 2.49. The second-order valence-electron chi connectivity index (χ2n) is 6.16. The number of nitrogens with one attached hydrogen (secondary N) is 1. The molecule has 0 bridgehead atoms. The number of aliphatic hydroxyl groups excluding tert-OH is 1. The Labute approximate surface area is 126 Å². The van der Waals surface area contributed by atoms with Crippen LogP contribution in [0.5, 0.6) is 0 Å². The Morgan fingerprint density at radius 3 is 2.71 bits per heavy atom. The molecule has 114 valence electrons. The van der Waals surface area contributed by atoms with Crippen LogP contribution in [0.4, 0.5) is 0 Å². The van der Waals surface area contributed by atoms with Crippen molar-refractivity contribution in [3.63, 3.8) is 0 Å². The Balaban J connectivity index is 1.96. The van der Waals surface area contributed by atoms with E-state index in [1.54, 1.807) is 0 Å². The number of benzene rings is 1. The number of hydrogen-bond acceptors (Lipinski definition) is 3. The third-order valence-electron chi connectivity index (χ3n) is 4.89. The third kappa shape index (κ3) is 2.83. The molecule has 1 aromatic carbocycles. The second kappa shape index (κ2) is 6.16. The molecule has 21 heavy (non-hydrogen) atoms. The highest BCUT2D eigenvalue weighted by Crippen LogP contribution is 2.31. The number of likely N-dealkylation sites (N-methyl/N-ethyl adjacent to an activating group) is 1. The summed E-state index contributed by atoms with van der Waals surface area (Å²) in [6, 6.07) is 8.21. The summed E-state index contributed by atoms with van der Waals surface area (Å²) in [5.41, 5.74) is 2.33. The molecule has 0 saturated heterocycles. The molecule has 2 N–H and O–H groups in total. The van der Waals surface area contributed by atoms with Crippen molar-refractivity contribution in [3.8, 4) is 0 Å². The molecule has 1 aliphatic carbocycles. The molecule has 0 unspecified atom stereocenters. The van der Waals surface area contributed by atoms with Crippen molar-refractivity contribution in [2.24, 2.45) is 0 Å². The van der Waals surface area contributed by atoms with Gasteiger partial charge in [0.15, 0.2) is 0 Å². The summed E-state index contributed by atoms with van der Waals surface area (Å²) in [5, 5.41) is 12.9. The summed E-state index contributed by atoms with van der Waals surface area (Å²) in [6.45, 7) is 0.773. The van der Waals surface area contributed by atoms with E-state index in [1.165, 1.54) is 32.1 Å². The Hall–Kier alpha value is -1.39. The maximum absolute atomic E-state index is 9.38. The number of hydrogen-bond donors (Lipinski definition) is 2. The summed E-state index contributed by atoms with van der Waals surface area (Å²) < 4.78 is 2.18. The second-order valence-corrected chi connectivity index (χ2v) is 6.16. The van der Waals surface area contributed by atoms with E-state index in [2.05, 4.69) is 29.1 Å². The van der Waals surface area contributed by atoms with Crippen molar-refractivity contribution in [3.05, 3.63) is 30.1 Å². The molecule has 1 aromatic heterocycles. The minimum Gasteiger partial charge on any atom is -0.395 e. The van der Waals surface area contributed by atoms with E-state index < -0.39 is 0 Å². The SMILES string of the molecule is CNC1(Cc2nc3ccccc3n2CCO)CCCCC1. The zero-order valence-electron chi connectivity index (χ0n) is 12.8. The van der Waals surface area contributed by atoms with Crippen LogP contribution in [0.25, 0.3) is 11.0 Å². The summed E-state index contributed by atoms with van der Waals surface area (Å²) in [5.74, 6) is 1.10. The largest absolute Gasteiger partial charge is 0.395 e. The van der Waals surface area contributed by atoms with Gasteiger partial charge in [0.2, 0.25) is 0 Å². The molecule has 3 rings (SSSR count). The van der Waals surface area contributed by atoms with Gasteiger partial charge in [-0.05, 0) is 32.0 Å². The van der Waals surface area contributed by atoms with Gasteiger partial charge in [-0.2, -0.15) is 0 Å². The lowest BCUT2D eigenvalue weighted by Gasteiger charge is -2.37. The number of imidazole rings is 1. The maximum Gasteiger partial charge on any atom is 0.111 e. The van der Waals surface area contributed by atoms with Crippen molar-refractivity contribution in [1.82, 2.24) is 14.9 Å². The summed E-state index contributed by atoms with van der Waals surface area (Å²) in [7, 11) is 2.07. The minimum absolute atomic E-state index is 0.153. The topological polar surface area (TPSA) is 50.1 Å². The van der Waals surface area contributed by atoms with Gasteiger partial charge in [-0.25, -0.2) is 4.98 Å². The minimum atomic E-state index is 0.153. The Morgan fingerprint density at radius 1 is 1.24 bits per heavy atom. The lowest BCUT2D eigenvalue weighted by molar-refractivity contribution is 0.234. The monoisotopic (exact) mass is 287 g/mol. The van der Waals surface area contributed by atoms with E-state index in [0.29, 0.717) is 6.54 Å². The molecule has 0 spiro atoms. The average molecular weight is 287 g/mol. The number of rotatable bonds is 5. The standard InChI is InChI=1S/C17H25N3O/c1-18-17(9-5-2-6-10-17)13-16-19-14-7-3-4-8-15(14)20(16)11-12-21/h3-4,7-8,18,21H,2,5-6,9-13H2,1H3. The van der Waals surface area contributed by atoms with Crippen LogP contribution in [0.1, 0.15) is 37.9 Å². The number of aromatic nitrogens is 2. The van der Waals surface area contributed by atoms with Crippen molar-refractivity contribution >= 4 is 11.0 Å². The van der Waals surface area contributed by atoms with Gasteiger partial charge >= 0.3 is 0 Å². The summed E-state index contributed by atoms with van der Waals surface area (Å²) >= 11 is 0. The van der Waals surface area contributed by atoms with Crippen LogP contribution in [-0.2, 0) is 13.0 Å². The fourth-order valence-electron chi connectivity index (χ4n) is 3.66. The highest BCUT2D eigenvalue weighted by molar-refractivity contribution is 5.75. The van der Waals surface area contributed by atoms with Crippen LogP contribution in [0.3, 0.4) is 0 Å². The molecule has 1 heterocycles. The molecular weight excluding hydrogens is 262 g/mol. The maximum atomic E-state index is 9.38. The van der Waals surface area contributed by atoms with Gasteiger partial charge in [0, 0.05) is 18.5 Å². The van der Waals surface area contributed by atoms with Crippen molar-refractivity contribution in [1.29, 1.82) is 0 Å². The van der Waals surface area contributed by atoms with E-state index in [1.807, 2.05) is 12.1 Å². The van der Waals surface area contributed by atoms with Gasteiger partial charge < -0.3 is 15.0 Å². The first-order chi connectivity index (χ1) is 10.3. The molecule has 2 aromatic rings. The summed E-state index contributed by atoms with van der Waals surface area (Å²) in [6.07, 6.45) is 7.30. The Bertz CT molecular complexity index is 599. The van der Waals surface area contributed by atoms with Gasteiger partial charge in [-0.15, -0.1) is 0 Å². The van der Waals surface area contributed by atoms with Crippen LogP contribution >= 0.6 is 0 Å². The lowest BCUT2D eigenvalue weighted by atomic mass is 9.79. The average Bonchev–Trinajstić information content (AvgIpc) is 2.86. The Morgan fingerprint density at radius 2 is 2.00 bits per heavy atom. The molecule has 1 fully saturated rings. The van der Waals surface area contributed by atoms with Gasteiger partial charge in [-0.1, -0.05) is 31.4 Å². The highest BCUT2D eigenvalue weighted by Gasteiger charge is 2.32. The first kappa shape index (κ1) is 14.5. The molecule has 0 aliphatic heterocycles. The fraction of sp³-hybridized carbons (Fsp3) is 0.588.